The van der Waals surface area contributed by atoms with E-state index in [1.54, 1.807) is 0 Å². The number of nitrogens with two attached hydrogens (primary N) is 1. The highest BCUT2D eigenvalue weighted by Crippen LogP contribution is 2.49. The summed E-state index contributed by atoms with van der Waals surface area (Å²) in [5, 5.41) is 0. The van der Waals surface area contributed by atoms with E-state index in [-0.39, 0.29) is 5.92 Å². The third kappa shape index (κ3) is 2.09. The zero-order valence-electron chi connectivity index (χ0n) is 6.41. The molecule has 2 N–H and O–H groups in total. The van der Waals surface area contributed by atoms with E-state index in [9.17, 15) is 13.2 Å². The van der Waals surface area contributed by atoms with Crippen molar-refractivity contribution in [2.45, 2.75) is 37.9 Å². The molecule has 11 heavy (non-hydrogen) atoms. The second-order valence-electron chi connectivity index (χ2n) is 3.33. The molecule has 0 aromatic heterocycles. The quantitative estimate of drug-likeness (QED) is 0.669. The predicted octanol–water partition coefficient (Wildman–Crippen LogP) is 2.07. The van der Waals surface area contributed by atoms with Crippen molar-refractivity contribution in [1.82, 2.24) is 0 Å². The molecule has 66 valence electrons. The van der Waals surface area contributed by atoms with Gasteiger partial charge < -0.3 is 5.73 Å². The molecule has 1 nitrogen and oxygen atoms in total. The van der Waals surface area contributed by atoms with Gasteiger partial charge in [0.2, 0.25) is 0 Å². The van der Waals surface area contributed by atoms with Crippen molar-refractivity contribution in [3.05, 3.63) is 0 Å². The Morgan fingerprint density at radius 2 is 2.09 bits per heavy atom. The molecule has 2 atom stereocenters. The molecule has 0 heterocycles. The molecule has 1 saturated carbocycles. The van der Waals surface area contributed by atoms with Gasteiger partial charge in [0, 0.05) is 5.54 Å². The van der Waals surface area contributed by atoms with Gasteiger partial charge in [0.15, 0.2) is 0 Å². The van der Waals surface area contributed by atoms with Gasteiger partial charge in [-0.1, -0.05) is 13.3 Å². The van der Waals surface area contributed by atoms with Gasteiger partial charge in [-0.05, 0) is 12.3 Å². The van der Waals surface area contributed by atoms with Gasteiger partial charge in [-0.25, -0.2) is 0 Å². The highest BCUT2D eigenvalue weighted by molar-refractivity contribution is 5.07. The largest absolute Gasteiger partial charge is 0.390 e. The van der Waals surface area contributed by atoms with Gasteiger partial charge in [0.1, 0.15) is 0 Å². The van der Waals surface area contributed by atoms with E-state index >= 15 is 0 Å². The van der Waals surface area contributed by atoms with Crippen LogP contribution in [-0.2, 0) is 0 Å². The highest BCUT2D eigenvalue weighted by Gasteiger charge is 2.55. The summed E-state index contributed by atoms with van der Waals surface area (Å²) in [5.74, 6) is 0.0872. The van der Waals surface area contributed by atoms with Gasteiger partial charge in [-0.3, -0.25) is 0 Å². The van der Waals surface area contributed by atoms with E-state index in [2.05, 4.69) is 0 Å². The molecule has 0 aromatic rings. The van der Waals surface area contributed by atoms with Gasteiger partial charge >= 0.3 is 6.18 Å². The van der Waals surface area contributed by atoms with Crippen LogP contribution in [0.15, 0.2) is 0 Å². The first-order valence-corrected chi connectivity index (χ1v) is 3.73. The molecule has 0 aliphatic heterocycles. The lowest BCUT2D eigenvalue weighted by Crippen LogP contribution is -2.31. The first-order valence-electron chi connectivity index (χ1n) is 3.73. The van der Waals surface area contributed by atoms with E-state index in [4.69, 9.17) is 5.73 Å². The number of halogens is 3. The lowest BCUT2D eigenvalue weighted by molar-refractivity contribution is -0.141. The first kappa shape index (κ1) is 8.84. The lowest BCUT2D eigenvalue weighted by atomic mass is 10.1. The van der Waals surface area contributed by atoms with Crippen LogP contribution in [0.5, 0.6) is 0 Å². The van der Waals surface area contributed by atoms with Crippen LogP contribution in [0.2, 0.25) is 0 Å². The standard InChI is InChI=1S/C7H12F3N/c1-2-5-3-6(5,11)4-7(8,9)10/h5H,2-4,11H2,1H3. The second-order valence-corrected chi connectivity index (χ2v) is 3.33. The maximum atomic E-state index is 11.8. The molecule has 1 fully saturated rings. The summed E-state index contributed by atoms with van der Waals surface area (Å²) in [6, 6.07) is 0. The van der Waals surface area contributed by atoms with Crippen LogP contribution in [0.4, 0.5) is 13.2 Å². The van der Waals surface area contributed by atoms with Crippen molar-refractivity contribution in [2.75, 3.05) is 0 Å². The number of hydrogen-bond donors (Lipinski definition) is 1. The Hall–Kier alpha value is -0.250. The van der Waals surface area contributed by atoms with Crippen molar-refractivity contribution in [3.8, 4) is 0 Å². The number of alkyl halides is 3. The van der Waals surface area contributed by atoms with Crippen molar-refractivity contribution < 1.29 is 13.2 Å². The van der Waals surface area contributed by atoms with Crippen molar-refractivity contribution in [2.24, 2.45) is 11.7 Å². The Morgan fingerprint density at radius 1 is 1.55 bits per heavy atom. The minimum Gasteiger partial charge on any atom is -0.325 e. The molecule has 0 bridgehead atoms. The molecule has 0 amide bonds. The van der Waals surface area contributed by atoms with Gasteiger partial charge in [0.05, 0.1) is 6.42 Å². The Kier molecular flexibility index (Phi) is 1.90. The van der Waals surface area contributed by atoms with Crippen LogP contribution in [0, 0.1) is 5.92 Å². The van der Waals surface area contributed by atoms with E-state index in [0.29, 0.717) is 6.42 Å². The maximum Gasteiger partial charge on any atom is 0.390 e. The van der Waals surface area contributed by atoms with Crippen LogP contribution in [0.1, 0.15) is 26.2 Å². The van der Waals surface area contributed by atoms with Gasteiger partial charge in [-0.15, -0.1) is 0 Å². The van der Waals surface area contributed by atoms with E-state index in [0.717, 1.165) is 6.42 Å². The van der Waals surface area contributed by atoms with Crippen LogP contribution in [0.3, 0.4) is 0 Å². The summed E-state index contributed by atoms with van der Waals surface area (Å²) in [6.07, 6.45) is -3.63. The Labute approximate surface area is 63.8 Å². The minimum absolute atomic E-state index is 0.0872. The molecular formula is C7H12F3N. The lowest BCUT2D eigenvalue weighted by Gasteiger charge is -2.13. The zero-order valence-corrected chi connectivity index (χ0v) is 6.41. The summed E-state index contributed by atoms with van der Waals surface area (Å²) in [5.41, 5.74) is 4.54. The summed E-state index contributed by atoms with van der Waals surface area (Å²) in [6.45, 7) is 1.87. The summed E-state index contributed by atoms with van der Waals surface area (Å²) >= 11 is 0. The molecule has 0 aromatic carbocycles. The zero-order chi connectivity index (χ0) is 8.70. The fourth-order valence-electron chi connectivity index (χ4n) is 1.54. The van der Waals surface area contributed by atoms with E-state index in [1.165, 1.54) is 0 Å². The molecule has 0 saturated heterocycles. The van der Waals surface area contributed by atoms with Crippen LogP contribution in [-0.4, -0.2) is 11.7 Å². The first-order chi connectivity index (χ1) is 4.87. The average molecular weight is 167 g/mol. The Bertz CT molecular complexity index is 154. The average Bonchev–Trinajstić information content (AvgIpc) is 2.36. The molecule has 1 aliphatic rings. The van der Waals surface area contributed by atoms with Crippen LogP contribution >= 0.6 is 0 Å². The molecule has 0 radical (unpaired) electrons. The van der Waals surface area contributed by atoms with E-state index < -0.39 is 18.1 Å². The smallest absolute Gasteiger partial charge is 0.325 e. The molecule has 2 unspecified atom stereocenters. The molecule has 4 heteroatoms. The normalized spacial score (nSPS) is 37.4. The molecular weight excluding hydrogens is 155 g/mol. The minimum atomic E-state index is -4.10. The van der Waals surface area contributed by atoms with Crippen LogP contribution < -0.4 is 5.73 Å². The van der Waals surface area contributed by atoms with E-state index in [1.807, 2.05) is 6.92 Å². The second kappa shape index (κ2) is 2.37. The fourth-order valence-corrected chi connectivity index (χ4v) is 1.54. The third-order valence-electron chi connectivity index (χ3n) is 2.30. The van der Waals surface area contributed by atoms with Crippen LogP contribution in [0.25, 0.3) is 0 Å². The number of hydrogen-bond acceptors (Lipinski definition) is 1. The third-order valence-corrected chi connectivity index (χ3v) is 2.30. The Balaban J connectivity index is 2.40. The Morgan fingerprint density at radius 3 is 2.36 bits per heavy atom. The number of rotatable bonds is 2. The van der Waals surface area contributed by atoms with Gasteiger partial charge in [-0.2, -0.15) is 13.2 Å². The highest BCUT2D eigenvalue weighted by atomic mass is 19.4. The monoisotopic (exact) mass is 167 g/mol. The topological polar surface area (TPSA) is 26.0 Å². The molecule has 1 aliphatic carbocycles. The van der Waals surface area contributed by atoms with Crippen molar-refractivity contribution in [1.29, 1.82) is 0 Å². The van der Waals surface area contributed by atoms with Gasteiger partial charge in [0.25, 0.3) is 0 Å². The SMILES string of the molecule is CCC1CC1(N)CC(F)(F)F. The van der Waals surface area contributed by atoms with Crippen molar-refractivity contribution >= 4 is 0 Å². The summed E-state index contributed by atoms with van der Waals surface area (Å²) in [4.78, 5) is 0. The summed E-state index contributed by atoms with van der Waals surface area (Å²) in [7, 11) is 0. The fraction of sp³-hybridized carbons (Fsp3) is 1.00. The van der Waals surface area contributed by atoms with Crippen molar-refractivity contribution in [3.63, 3.8) is 0 Å². The molecule has 0 spiro atoms. The summed E-state index contributed by atoms with van der Waals surface area (Å²) < 4.78 is 35.5. The maximum absolute atomic E-state index is 11.8. The predicted molar refractivity (Wildman–Crippen MR) is 36.0 cm³/mol. The molecule has 1 rings (SSSR count).